The number of pyridine rings is 1. The van der Waals surface area contributed by atoms with Crippen LogP contribution >= 0.6 is 0 Å². The van der Waals surface area contributed by atoms with Crippen molar-refractivity contribution in [2.45, 2.75) is 39.0 Å². The lowest BCUT2D eigenvalue weighted by atomic mass is 9.92. The SMILES string of the molecule is CC(C)c1cnc(CC(C)c2cc(C=O)c(O)c(F)c2F)cc1C=O. The summed E-state index contributed by atoms with van der Waals surface area (Å²) in [6, 6.07) is 2.77. The molecule has 1 atom stereocenters. The number of phenols is 1. The van der Waals surface area contributed by atoms with Crippen molar-refractivity contribution in [1.29, 1.82) is 0 Å². The minimum Gasteiger partial charge on any atom is -0.504 e. The Kier molecular flexibility index (Phi) is 5.62. The summed E-state index contributed by atoms with van der Waals surface area (Å²) < 4.78 is 27.9. The van der Waals surface area contributed by atoms with E-state index < -0.39 is 23.3 Å². The molecule has 0 aliphatic rings. The molecule has 0 saturated heterocycles. The molecule has 25 heavy (non-hydrogen) atoms. The number of nitrogens with zero attached hydrogens (tertiary/aromatic N) is 1. The van der Waals surface area contributed by atoms with Gasteiger partial charge in [0, 0.05) is 17.5 Å². The minimum absolute atomic E-state index is 0.0280. The van der Waals surface area contributed by atoms with Crippen molar-refractivity contribution in [1.82, 2.24) is 4.98 Å². The highest BCUT2D eigenvalue weighted by atomic mass is 19.2. The van der Waals surface area contributed by atoms with Gasteiger partial charge in [0.1, 0.15) is 6.29 Å². The van der Waals surface area contributed by atoms with Gasteiger partial charge in [0.2, 0.25) is 5.82 Å². The van der Waals surface area contributed by atoms with Crippen molar-refractivity contribution in [2.24, 2.45) is 0 Å². The summed E-state index contributed by atoms with van der Waals surface area (Å²) in [5, 5.41) is 9.43. The maximum atomic E-state index is 14.1. The molecule has 1 heterocycles. The third-order valence-corrected chi connectivity index (χ3v) is 4.19. The van der Waals surface area contributed by atoms with Crippen molar-refractivity contribution in [3.05, 3.63) is 57.9 Å². The van der Waals surface area contributed by atoms with Crippen LogP contribution in [0.5, 0.6) is 5.75 Å². The van der Waals surface area contributed by atoms with E-state index in [-0.39, 0.29) is 29.8 Å². The maximum Gasteiger partial charge on any atom is 0.201 e. The zero-order valence-corrected chi connectivity index (χ0v) is 14.2. The average molecular weight is 347 g/mol. The van der Waals surface area contributed by atoms with E-state index in [1.165, 1.54) is 0 Å². The first-order valence-corrected chi connectivity index (χ1v) is 7.90. The van der Waals surface area contributed by atoms with E-state index in [0.717, 1.165) is 17.9 Å². The van der Waals surface area contributed by atoms with Crippen molar-refractivity contribution < 1.29 is 23.5 Å². The Balaban J connectivity index is 2.37. The van der Waals surface area contributed by atoms with Gasteiger partial charge in [-0.25, -0.2) is 4.39 Å². The second kappa shape index (κ2) is 7.51. The van der Waals surface area contributed by atoms with Gasteiger partial charge >= 0.3 is 0 Å². The molecule has 6 heteroatoms. The molecule has 4 nitrogen and oxygen atoms in total. The summed E-state index contributed by atoms with van der Waals surface area (Å²) >= 11 is 0. The summed E-state index contributed by atoms with van der Waals surface area (Å²) in [4.78, 5) is 26.5. The predicted octanol–water partition coefficient (Wildman–Crippen LogP) is 4.16. The highest BCUT2D eigenvalue weighted by Crippen LogP contribution is 2.31. The van der Waals surface area contributed by atoms with Gasteiger partial charge in [0.25, 0.3) is 0 Å². The Morgan fingerprint density at radius 3 is 2.24 bits per heavy atom. The minimum atomic E-state index is -1.44. The van der Waals surface area contributed by atoms with E-state index in [4.69, 9.17) is 0 Å². The van der Waals surface area contributed by atoms with Crippen LogP contribution in [-0.4, -0.2) is 22.7 Å². The van der Waals surface area contributed by atoms with E-state index in [0.29, 0.717) is 11.3 Å². The number of hydrogen-bond acceptors (Lipinski definition) is 4. The van der Waals surface area contributed by atoms with Crippen LogP contribution in [-0.2, 0) is 6.42 Å². The van der Waals surface area contributed by atoms with Crippen molar-refractivity contribution in [3.63, 3.8) is 0 Å². The molecule has 0 aliphatic heterocycles. The van der Waals surface area contributed by atoms with Gasteiger partial charge in [-0.1, -0.05) is 20.8 Å². The molecule has 1 N–H and O–H groups in total. The zero-order valence-electron chi connectivity index (χ0n) is 14.2. The van der Waals surface area contributed by atoms with E-state index in [2.05, 4.69) is 4.98 Å². The van der Waals surface area contributed by atoms with Crippen LogP contribution in [0.1, 0.15) is 70.1 Å². The molecule has 1 aromatic carbocycles. The molecular formula is C19H19F2NO3. The Labute approximate surface area is 144 Å². The topological polar surface area (TPSA) is 67.3 Å². The Bertz CT molecular complexity index is 819. The van der Waals surface area contributed by atoms with Crippen LogP contribution in [0.2, 0.25) is 0 Å². The van der Waals surface area contributed by atoms with Crippen LogP contribution in [0.3, 0.4) is 0 Å². The summed E-state index contributed by atoms with van der Waals surface area (Å²) in [6.07, 6.45) is 2.88. The van der Waals surface area contributed by atoms with Crippen LogP contribution in [0, 0.1) is 11.6 Å². The summed E-state index contributed by atoms with van der Waals surface area (Å²) in [7, 11) is 0. The lowest BCUT2D eigenvalue weighted by Crippen LogP contribution is -2.08. The summed E-state index contributed by atoms with van der Waals surface area (Å²) in [6.45, 7) is 5.55. The Morgan fingerprint density at radius 2 is 1.68 bits per heavy atom. The third kappa shape index (κ3) is 3.73. The largest absolute Gasteiger partial charge is 0.504 e. The highest BCUT2D eigenvalue weighted by molar-refractivity contribution is 5.80. The van der Waals surface area contributed by atoms with E-state index >= 15 is 0 Å². The molecule has 132 valence electrons. The molecule has 0 amide bonds. The van der Waals surface area contributed by atoms with E-state index in [9.17, 15) is 23.5 Å². The first-order valence-electron chi connectivity index (χ1n) is 7.90. The average Bonchev–Trinajstić information content (AvgIpc) is 2.59. The monoisotopic (exact) mass is 347 g/mol. The zero-order chi connectivity index (χ0) is 18.7. The van der Waals surface area contributed by atoms with Gasteiger partial charge in [0.05, 0.1) is 5.56 Å². The van der Waals surface area contributed by atoms with Gasteiger partial charge in [-0.3, -0.25) is 14.6 Å². The number of benzene rings is 1. The number of aromatic nitrogens is 1. The number of phenolic OH excluding ortho intramolecular Hbond substituents is 1. The quantitative estimate of drug-likeness (QED) is 0.797. The molecule has 0 spiro atoms. The first-order chi connectivity index (χ1) is 11.8. The third-order valence-electron chi connectivity index (χ3n) is 4.19. The normalized spacial score (nSPS) is 12.2. The standard InChI is InChI=1S/C19H19F2NO3/c1-10(2)16-7-22-14(5-12(16)8-23)4-11(3)15-6-13(9-24)19(25)18(21)17(15)20/h5-11,25H,4H2,1-3H3. The fourth-order valence-electron chi connectivity index (χ4n) is 2.75. The first kappa shape index (κ1) is 18.7. The molecule has 2 aromatic rings. The molecule has 2 rings (SSSR count). The molecule has 0 aliphatic carbocycles. The number of halogens is 2. The second-order valence-corrected chi connectivity index (χ2v) is 6.33. The molecular weight excluding hydrogens is 328 g/mol. The molecule has 1 aromatic heterocycles. The number of carbonyl (C=O) groups excluding carboxylic acids is 2. The summed E-state index contributed by atoms with van der Waals surface area (Å²) in [5.41, 5.74) is 1.55. The van der Waals surface area contributed by atoms with Crippen molar-refractivity contribution in [2.75, 3.05) is 0 Å². The number of rotatable bonds is 6. The van der Waals surface area contributed by atoms with Crippen LogP contribution in [0.25, 0.3) is 0 Å². The number of aromatic hydroxyl groups is 1. The smallest absolute Gasteiger partial charge is 0.201 e. The van der Waals surface area contributed by atoms with Crippen LogP contribution in [0.4, 0.5) is 8.78 Å². The Morgan fingerprint density at radius 1 is 1.04 bits per heavy atom. The fourth-order valence-corrected chi connectivity index (χ4v) is 2.75. The summed E-state index contributed by atoms with van der Waals surface area (Å²) in [5.74, 6) is -4.00. The van der Waals surface area contributed by atoms with Gasteiger partial charge in [0.15, 0.2) is 17.9 Å². The van der Waals surface area contributed by atoms with E-state index in [1.54, 1.807) is 19.2 Å². The lowest BCUT2D eigenvalue weighted by Gasteiger charge is -2.16. The van der Waals surface area contributed by atoms with Gasteiger partial charge in [-0.2, -0.15) is 4.39 Å². The number of hydrogen-bond donors (Lipinski definition) is 1. The van der Waals surface area contributed by atoms with Crippen LogP contribution in [0.15, 0.2) is 18.3 Å². The second-order valence-electron chi connectivity index (χ2n) is 6.33. The number of carbonyl (C=O) groups is 2. The molecule has 0 radical (unpaired) electrons. The van der Waals surface area contributed by atoms with Crippen molar-refractivity contribution in [3.8, 4) is 5.75 Å². The van der Waals surface area contributed by atoms with Crippen LogP contribution < -0.4 is 0 Å². The van der Waals surface area contributed by atoms with Gasteiger partial charge in [-0.05, 0) is 41.5 Å². The molecule has 0 bridgehead atoms. The predicted molar refractivity (Wildman–Crippen MR) is 89.2 cm³/mol. The maximum absolute atomic E-state index is 14.1. The molecule has 0 saturated carbocycles. The lowest BCUT2D eigenvalue weighted by molar-refractivity contribution is 0.111. The number of aldehydes is 2. The van der Waals surface area contributed by atoms with Crippen molar-refractivity contribution >= 4 is 12.6 Å². The van der Waals surface area contributed by atoms with E-state index in [1.807, 2.05) is 13.8 Å². The fraction of sp³-hybridized carbons (Fsp3) is 0.316. The Hall–Kier alpha value is -2.63. The highest BCUT2D eigenvalue weighted by Gasteiger charge is 2.22. The van der Waals surface area contributed by atoms with Gasteiger partial charge < -0.3 is 5.11 Å². The van der Waals surface area contributed by atoms with Gasteiger partial charge in [-0.15, -0.1) is 0 Å². The molecule has 0 fully saturated rings. The molecule has 1 unspecified atom stereocenters.